The van der Waals surface area contributed by atoms with Crippen molar-refractivity contribution in [2.75, 3.05) is 11.9 Å². The van der Waals surface area contributed by atoms with Crippen LogP contribution >= 0.6 is 0 Å². The van der Waals surface area contributed by atoms with Crippen molar-refractivity contribution in [2.24, 2.45) is 5.73 Å². The van der Waals surface area contributed by atoms with Crippen molar-refractivity contribution in [3.8, 4) is 0 Å². The van der Waals surface area contributed by atoms with Gasteiger partial charge >= 0.3 is 0 Å². The Morgan fingerprint density at radius 1 is 0.950 bits per heavy atom. The van der Waals surface area contributed by atoms with E-state index in [1.807, 2.05) is 0 Å². The monoisotopic (exact) mass is 276 g/mol. The molecule has 2 nitrogen and oxygen atoms in total. The molecule has 1 unspecified atom stereocenters. The van der Waals surface area contributed by atoms with Gasteiger partial charge in [-0.1, -0.05) is 69.6 Å². The molecule has 0 spiro atoms. The summed E-state index contributed by atoms with van der Waals surface area (Å²) in [7, 11) is 0. The lowest BCUT2D eigenvalue weighted by Gasteiger charge is -2.18. The van der Waals surface area contributed by atoms with Gasteiger partial charge < -0.3 is 11.1 Å². The number of aryl methyl sites for hydroxylation is 1. The van der Waals surface area contributed by atoms with E-state index < -0.39 is 0 Å². The number of nitrogens with one attached hydrogen (secondary N) is 1. The Labute approximate surface area is 125 Å². The summed E-state index contributed by atoms with van der Waals surface area (Å²) in [5.41, 5.74) is 8.36. The van der Waals surface area contributed by atoms with Crippen LogP contribution < -0.4 is 11.1 Å². The quantitative estimate of drug-likeness (QED) is 0.566. The molecule has 3 N–H and O–H groups in total. The van der Waals surface area contributed by atoms with E-state index >= 15 is 0 Å². The summed E-state index contributed by atoms with van der Waals surface area (Å²) in [6.45, 7) is 5.09. The number of benzene rings is 1. The maximum Gasteiger partial charge on any atom is 0.0383 e. The van der Waals surface area contributed by atoms with Crippen LogP contribution in [0.3, 0.4) is 0 Å². The third-order valence-electron chi connectivity index (χ3n) is 3.86. The number of nitrogens with two attached hydrogens (primary N) is 1. The molecule has 0 aliphatic rings. The number of rotatable bonds is 11. The second-order valence-electron chi connectivity index (χ2n) is 5.85. The third kappa shape index (κ3) is 7.54. The standard InChI is InChI=1S/C18H32N2/c1-3-4-5-6-7-8-9-10-18(15-19)20-17-13-11-16(2)12-14-17/h11-14,18,20H,3-10,15,19H2,1-2H3. The minimum atomic E-state index is 0.411. The average molecular weight is 276 g/mol. The molecule has 0 aliphatic heterocycles. The third-order valence-corrected chi connectivity index (χ3v) is 3.86. The van der Waals surface area contributed by atoms with Crippen molar-refractivity contribution in [3.05, 3.63) is 29.8 Å². The van der Waals surface area contributed by atoms with Gasteiger partial charge in [0.15, 0.2) is 0 Å². The van der Waals surface area contributed by atoms with Crippen molar-refractivity contribution >= 4 is 5.69 Å². The fraction of sp³-hybridized carbons (Fsp3) is 0.667. The Morgan fingerprint density at radius 2 is 1.55 bits per heavy atom. The van der Waals surface area contributed by atoms with Gasteiger partial charge in [0.05, 0.1) is 0 Å². The lowest BCUT2D eigenvalue weighted by molar-refractivity contribution is 0.548. The zero-order valence-corrected chi connectivity index (χ0v) is 13.3. The fourth-order valence-corrected chi connectivity index (χ4v) is 2.48. The maximum absolute atomic E-state index is 5.87. The van der Waals surface area contributed by atoms with Gasteiger partial charge in [0.2, 0.25) is 0 Å². The molecule has 0 saturated carbocycles. The van der Waals surface area contributed by atoms with Crippen molar-refractivity contribution in [1.29, 1.82) is 0 Å². The number of hydrogen-bond acceptors (Lipinski definition) is 2. The van der Waals surface area contributed by atoms with Gasteiger partial charge in [0, 0.05) is 18.3 Å². The first kappa shape index (κ1) is 17.0. The topological polar surface area (TPSA) is 38.0 Å². The first-order chi connectivity index (χ1) is 9.76. The summed E-state index contributed by atoms with van der Waals surface area (Å²) in [5, 5.41) is 3.54. The van der Waals surface area contributed by atoms with Crippen LogP contribution in [0, 0.1) is 6.92 Å². The molecule has 0 aromatic heterocycles. The molecule has 1 aromatic rings. The van der Waals surface area contributed by atoms with Crippen molar-refractivity contribution < 1.29 is 0 Å². The Kier molecular flexibility index (Phi) is 9.14. The highest BCUT2D eigenvalue weighted by Crippen LogP contribution is 2.14. The summed E-state index contributed by atoms with van der Waals surface area (Å²) < 4.78 is 0. The summed E-state index contributed by atoms with van der Waals surface area (Å²) in [6, 6.07) is 8.98. The number of anilines is 1. The normalized spacial score (nSPS) is 12.3. The van der Waals surface area contributed by atoms with Crippen LogP contribution in [-0.4, -0.2) is 12.6 Å². The molecule has 0 fully saturated rings. The van der Waals surface area contributed by atoms with Crippen LogP contribution in [0.2, 0.25) is 0 Å². The van der Waals surface area contributed by atoms with E-state index in [9.17, 15) is 0 Å². The van der Waals surface area contributed by atoms with E-state index in [1.54, 1.807) is 0 Å². The summed E-state index contributed by atoms with van der Waals surface area (Å²) in [4.78, 5) is 0. The molecule has 114 valence electrons. The predicted octanol–water partition coefficient (Wildman–Crippen LogP) is 4.87. The smallest absolute Gasteiger partial charge is 0.0383 e. The maximum atomic E-state index is 5.87. The van der Waals surface area contributed by atoms with Gasteiger partial charge in [0.25, 0.3) is 0 Å². The molecule has 0 saturated heterocycles. The van der Waals surface area contributed by atoms with Gasteiger partial charge in [0.1, 0.15) is 0 Å². The summed E-state index contributed by atoms with van der Waals surface area (Å²) in [6.07, 6.45) is 10.7. The Bertz CT molecular complexity index is 332. The molecular formula is C18H32N2. The van der Waals surface area contributed by atoms with Crippen LogP contribution in [-0.2, 0) is 0 Å². The molecular weight excluding hydrogens is 244 g/mol. The average Bonchev–Trinajstić information content (AvgIpc) is 2.47. The highest BCUT2D eigenvalue weighted by atomic mass is 14.9. The molecule has 2 heteroatoms. The van der Waals surface area contributed by atoms with Crippen LogP contribution in [0.5, 0.6) is 0 Å². The molecule has 1 aromatic carbocycles. The molecule has 0 bridgehead atoms. The first-order valence-electron chi connectivity index (χ1n) is 8.29. The lowest BCUT2D eigenvalue weighted by atomic mass is 10.0. The minimum Gasteiger partial charge on any atom is -0.381 e. The molecule has 1 rings (SSSR count). The molecule has 0 aliphatic carbocycles. The van der Waals surface area contributed by atoms with Gasteiger partial charge in [-0.05, 0) is 25.5 Å². The molecule has 0 heterocycles. The summed E-state index contributed by atoms with van der Waals surface area (Å²) >= 11 is 0. The molecule has 0 amide bonds. The Hall–Kier alpha value is -1.02. The Morgan fingerprint density at radius 3 is 2.15 bits per heavy atom. The molecule has 0 radical (unpaired) electrons. The van der Waals surface area contributed by atoms with Crippen LogP contribution in [0.4, 0.5) is 5.69 Å². The first-order valence-corrected chi connectivity index (χ1v) is 8.29. The highest BCUT2D eigenvalue weighted by Gasteiger charge is 2.05. The van der Waals surface area contributed by atoms with E-state index in [2.05, 4.69) is 43.4 Å². The predicted molar refractivity (Wildman–Crippen MR) is 90.3 cm³/mol. The lowest BCUT2D eigenvalue weighted by Crippen LogP contribution is -2.28. The minimum absolute atomic E-state index is 0.411. The van der Waals surface area contributed by atoms with Crippen molar-refractivity contribution in [3.63, 3.8) is 0 Å². The fourth-order valence-electron chi connectivity index (χ4n) is 2.48. The van der Waals surface area contributed by atoms with Crippen molar-refractivity contribution in [1.82, 2.24) is 0 Å². The van der Waals surface area contributed by atoms with Crippen molar-refractivity contribution in [2.45, 2.75) is 71.3 Å². The van der Waals surface area contributed by atoms with Gasteiger partial charge in [-0.25, -0.2) is 0 Å². The SMILES string of the molecule is CCCCCCCCCC(CN)Nc1ccc(C)cc1. The zero-order chi connectivity index (χ0) is 14.6. The molecule has 1 atom stereocenters. The van der Waals surface area contributed by atoms with E-state index in [0.717, 1.165) is 0 Å². The highest BCUT2D eigenvalue weighted by molar-refractivity contribution is 5.45. The second-order valence-corrected chi connectivity index (χ2v) is 5.85. The molecule has 20 heavy (non-hydrogen) atoms. The van der Waals surface area contributed by atoms with E-state index in [1.165, 1.54) is 62.6 Å². The zero-order valence-electron chi connectivity index (χ0n) is 13.3. The number of unbranched alkanes of at least 4 members (excludes halogenated alkanes) is 6. The van der Waals surface area contributed by atoms with E-state index in [-0.39, 0.29) is 0 Å². The van der Waals surface area contributed by atoms with E-state index in [0.29, 0.717) is 12.6 Å². The number of hydrogen-bond donors (Lipinski definition) is 2. The van der Waals surface area contributed by atoms with Gasteiger partial charge in [-0.3, -0.25) is 0 Å². The van der Waals surface area contributed by atoms with Gasteiger partial charge in [-0.2, -0.15) is 0 Å². The Balaban J connectivity index is 2.14. The second kappa shape index (κ2) is 10.7. The van der Waals surface area contributed by atoms with Crippen LogP contribution in [0.1, 0.15) is 63.9 Å². The van der Waals surface area contributed by atoms with Crippen LogP contribution in [0.25, 0.3) is 0 Å². The largest absolute Gasteiger partial charge is 0.381 e. The van der Waals surface area contributed by atoms with E-state index in [4.69, 9.17) is 5.73 Å². The van der Waals surface area contributed by atoms with Crippen LogP contribution in [0.15, 0.2) is 24.3 Å². The summed E-state index contributed by atoms with van der Waals surface area (Å²) in [5.74, 6) is 0. The van der Waals surface area contributed by atoms with Gasteiger partial charge in [-0.15, -0.1) is 0 Å².